The highest BCUT2D eigenvalue weighted by Gasteiger charge is 2.39. The van der Waals surface area contributed by atoms with E-state index in [4.69, 9.17) is 5.11 Å². The number of carboxylic acid groups (broad SMARTS) is 1. The van der Waals surface area contributed by atoms with Gasteiger partial charge in [0.25, 0.3) is 11.8 Å². The van der Waals surface area contributed by atoms with Crippen molar-refractivity contribution in [2.24, 2.45) is 0 Å². The van der Waals surface area contributed by atoms with Crippen LogP contribution in [0.4, 0.5) is 0 Å². The number of likely N-dealkylation sites (N-methyl/N-ethyl adjacent to an activating group) is 1. The first kappa shape index (κ1) is 15.2. The van der Waals surface area contributed by atoms with E-state index in [-0.39, 0.29) is 34.7 Å². The normalized spacial score (nSPS) is 14.8. The molecule has 21 heavy (non-hydrogen) atoms. The van der Waals surface area contributed by atoms with Crippen LogP contribution in [0.5, 0.6) is 0 Å². The number of rotatable bonds is 4. The topological polar surface area (TPSA) is 77.9 Å². The second kappa shape index (κ2) is 4.96. The van der Waals surface area contributed by atoms with E-state index in [0.29, 0.717) is 0 Å². The Morgan fingerprint density at radius 2 is 1.76 bits per heavy atom. The third kappa shape index (κ3) is 2.54. The van der Waals surface area contributed by atoms with Crippen molar-refractivity contribution >= 4 is 17.8 Å². The van der Waals surface area contributed by atoms with Crippen LogP contribution in [0.2, 0.25) is 0 Å². The molecule has 0 atom stereocenters. The van der Waals surface area contributed by atoms with Crippen molar-refractivity contribution in [1.29, 1.82) is 0 Å². The van der Waals surface area contributed by atoms with Gasteiger partial charge in [0.05, 0.1) is 16.7 Å². The predicted molar refractivity (Wildman–Crippen MR) is 76.5 cm³/mol. The van der Waals surface area contributed by atoms with Gasteiger partial charge in [0, 0.05) is 12.1 Å². The molecule has 6 heteroatoms. The highest BCUT2D eigenvalue weighted by atomic mass is 16.4. The molecule has 1 N–H and O–H groups in total. The number of hydrogen-bond acceptors (Lipinski definition) is 4. The Balaban J connectivity index is 2.37. The summed E-state index contributed by atoms with van der Waals surface area (Å²) < 4.78 is 0. The van der Waals surface area contributed by atoms with Crippen LogP contribution in [0.1, 0.15) is 44.9 Å². The second-order valence-electron chi connectivity index (χ2n) is 5.97. The molecule has 0 radical (unpaired) electrons. The molecular formula is C15H18N2O4. The molecule has 0 fully saturated rings. The fourth-order valence-electron chi connectivity index (χ4n) is 2.10. The van der Waals surface area contributed by atoms with E-state index in [9.17, 15) is 14.4 Å². The first-order valence-corrected chi connectivity index (χ1v) is 6.56. The van der Waals surface area contributed by atoms with Crippen molar-refractivity contribution in [1.82, 2.24) is 9.80 Å². The molecule has 0 unspecified atom stereocenters. The van der Waals surface area contributed by atoms with Crippen LogP contribution in [-0.4, -0.2) is 58.9 Å². The van der Waals surface area contributed by atoms with Crippen molar-refractivity contribution in [2.45, 2.75) is 19.4 Å². The standard InChI is InChI=1S/C15H18N2O4/c1-15(2,16(3)4)8-17-12(18)10-6-5-9(14(20)21)7-11(10)13(17)19/h5-7H,8H2,1-4H3,(H,20,21). The molecule has 1 aliphatic rings. The number of nitrogens with zero attached hydrogens (tertiary/aromatic N) is 2. The van der Waals surface area contributed by atoms with Gasteiger partial charge in [0.1, 0.15) is 0 Å². The summed E-state index contributed by atoms with van der Waals surface area (Å²) in [4.78, 5) is 38.8. The van der Waals surface area contributed by atoms with E-state index in [1.54, 1.807) is 0 Å². The van der Waals surface area contributed by atoms with Gasteiger partial charge in [0.2, 0.25) is 0 Å². The minimum Gasteiger partial charge on any atom is -0.478 e. The minimum atomic E-state index is -1.12. The van der Waals surface area contributed by atoms with Gasteiger partial charge >= 0.3 is 5.97 Å². The highest BCUT2D eigenvalue weighted by Crippen LogP contribution is 2.26. The Bertz CT molecular complexity index is 635. The molecule has 1 aliphatic heterocycles. The number of amides is 2. The molecule has 0 spiro atoms. The quantitative estimate of drug-likeness (QED) is 0.846. The van der Waals surface area contributed by atoms with E-state index in [1.807, 2.05) is 32.8 Å². The lowest BCUT2D eigenvalue weighted by Crippen LogP contribution is -2.50. The summed E-state index contributed by atoms with van der Waals surface area (Å²) in [5.41, 5.74) is 0.0563. The molecule has 6 nitrogen and oxygen atoms in total. The summed E-state index contributed by atoms with van der Waals surface area (Å²) in [6.45, 7) is 4.10. The van der Waals surface area contributed by atoms with Crippen molar-refractivity contribution in [3.8, 4) is 0 Å². The van der Waals surface area contributed by atoms with Crippen LogP contribution in [0.15, 0.2) is 18.2 Å². The maximum Gasteiger partial charge on any atom is 0.335 e. The first-order valence-electron chi connectivity index (χ1n) is 6.56. The number of imide groups is 1. The lowest BCUT2D eigenvalue weighted by Gasteiger charge is -2.35. The second-order valence-corrected chi connectivity index (χ2v) is 5.97. The molecule has 112 valence electrons. The summed E-state index contributed by atoms with van der Waals surface area (Å²) in [5, 5.41) is 8.98. The van der Waals surface area contributed by atoms with Crippen LogP contribution in [-0.2, 0) is 0 Å². The summed E-state index contributed by atoms with van der Waals surface area (Å²) in [5.74, 6) is -1.93. The van der Waals surface area contributed by atoms with Gasteiger partial charge in [-0.15, -0.1) is 0 Å². The number of carboxylic acids is 1. The Morgan fingerprint density at radius 3 is 2.29 bits per heavy atom. The fraction of sp³-hybridized carbons (Fsp3) is 0.400. The average molecular weight is 290 g/mol. The number of hydrogen-bond donors (Lipinski definition) is 1. The number of carbonyl (C=O) groups excluding carboxylic acids is 2. The molecule has 2 amide bonds. The van der Waals surface area contributed by atoms with Crippen molar-refractivity contribution in [2.75, 3.05) is 20.6 Å². The van der Waals surface area contributed by atoms with E-state index in [2.05, 4.69) is 0 Å². The predicted octanol–water partition coefficient (Wildman–Crippen LogP) is 1.32. The fourth-order valence-corrected chi connectivity index (χ4v) is 2.10. The maximum absolute atomic E-state index is 12.4. The molecule has 1 heterocycles. The van der Waals surface area contributed by atoms with Crippen LogP contribution in [0.3, 0.4) is 0 Å². The third-order valence-electron chi connectivity index (χ3n) is 3.97. The average Bonchev–Trinajstić information content (AvgIpc) is 2.63. The summed E-state index contributed by atoms with van der Waals surface area (Å²) in [7, 11) is 3.75. The van der Waals surface area contributed by atoms with Gasteiger partial charge in [-0.1, -0.05) is 0 Å². The summed E-state index contributed by atoms with van der Waals surface area (Å²) in [6, 6.07) is 4.01. The monoisotopic (exact) mass is 290 g/mol. The maximum atomic E-state index is 12.4. The largest absolute Gasteiger partial charge is 0.478 e. The van der Waals surface area contributed by atoms with Crippen molar-refractivity contribution in [3.63, 3.8) is 0 Å². The molecule has 0 aliphatic carbocycles. The van der Waals surface area contributed by atoms with Gasteiger partial charge in [0.15, 0.2) is 0 Å². The zero-order chi connectivity index (χ0) is 15.9. The molecule has 0 saturated heterocycles. The molecule has 1 aromatic carbocycles. The van der Waals surface area contributed by atoms with E-state index in [1.165, 1.54) is 23.1 Å². The molecule has 1 aromatic rings. The highest BCUT2D eigenvalue weighted by molar-refractivity contribution is 6.22. The third-order valence-corrected chi connectivity index (χ3v) is 3.97. The SMILES string of the molecule is CN(C)C(C)(C)CN1C(=O)c2ccc(C(=O)O)cc2C1=O. The summed E-state index contributed by atoms with van der Waals surface area (Å²) in [6.07, 6.45) is 0. The Labute approximate surface area is 123 Å². The van der Waals surface area contributed by atoms with E-state index >= 15 is 0 Å². The van der Waals surface area contributed by atoms with E-state index in [0.717, 1.165) is 0 Å². The Morgan fingerprint density at radius 1 is 1.19 bits per heavy atom. The van der Waals surface area contributed by atoms with Crippen molar-refractivity contribution < 1.29 is 19.5 Å². The van der Waals surface area contributed by atoms with Crippen molar-refractivity contribution in [3.05, 3.63) is 34.9 Å². The Kier molecular flexibility index (Phi) is 3.59. The lowest BCUT2D eigenvalue weighted by molar-refractivity contribution is 0.0546. The van der Waals surface area contributed by atoms with Gasteiger partial charge in [-0.05, 0) is 46.1 Å². The molecular weight excluding hydrogens is 272 g/mol. The number of benzene rings is 1. The number of aromatic carboxylic acids is 1. The molecule has 2 rings (SSSR count). The number of carbonyl (C=O) groups is 3. The van der Waals surface area contributed by atoms with Gasteiger partial charge < -0.3 is 10.0 Å². The van der Waals surface area contributed by atoms with Crippen LogP contribution in [0.25, 0.3) is 0 Å². The Hall–Kier alpha value is -2.21. The van der Waals surface area contributed by atoms with E-state index < -0.39 is 11.9 Å². The lowest BCUT2D eigenvalue weighted by atomic mass is 10.0. The molecule has 0 bridgehead atoms. The minimum absolute atomic E-state index is 0.00335. The molecule has 0 saturated carbocycles. The van der Waals surface area contributed by atoms with Crippen LogP contribution in [0, 0.1) is 0 Å². The smallest absolute Gasteiger partial charge is 0.335 e. The summed E-state index contributed by atoms with van der Waals surface area (Å²) >= 11 is 0. The van der Waals surface area contributed by atoms with Gasteiger partial charge in [-0.2, -0.15) is 0 Å². The van der Waals surface area contributed by atoms with Gasteiger partial charge in [-0.25, -0.2) is 4.79 Å². The van der Waals surface area contributed by atoms with Crippen LogP contribution >= 0.6 is 0 Å². The first-order chi connectivity index (χ1) is 9.65. The zero-order valence-electron chi connectivity index (χ0n) is 12.5. The van der Waals surface area contributed by atoms with Crippen LogP contribution < -0.4 is 0 Å². The van der Waals surface area contributed by atoms with Gasteiger partial charge in [-0.3, -0.25) is 14.5 Å². The number of fused-ring (bicyclic) bond motifs is 1. The molecule has 0 aromatic heterocycles. The zero-order valence-corrected chi connectivity index (χ0v) is 12.5.